The van der Waals surface area contributed by atoms with Gasteiger partial charge in [0.15, 0.2) is 0 Å². The fraction of sp³-hybridized carbons (Fsp3) is 0.444. The standard InChI is InChI=1S/C18H22F2N2O6/c1-3-27-15(24)9-12(18(26)28-4-2)16(17(21)25)22-14(23)7-10-5-6-11(19)8-13(10)20/h5-6,8,12,16H,3-4,7,9H2,1-2H3,(H2,21,25)(H,22,23)/t12-,16+/m1/s1. The number of nitrogens with two attached hydrogens (primary N) is 1. The van der Waals surface area contributed by atoms with Gasteiger partial charge in [-0.05, 0) is 25.5 Å². The summed E-state index contributed by atoms with van der Waals surface area (Å²) < 4.78 is 36.3. The summed E-state index contributed by atoms with van der Waals surface area (Å²) in [6, 6.07) is 1.07. The number of benzene rings is 1. The van der Waals surface area contributed by atoms with Crippen LogP contribution < -0.4 is 11.1 Å². The van der Waals surface area contributed by atoms with E-state index in [9.17, 15) is 28.0 Å². The molecule has 0 bridgehead atoms. The van der Waals surface area contributed by atoms with Gasteiger partial charge in [-0.25, -0.2) is 8.78 Å². The highest BCUT2D eigenvalue weighted by atomic mass is 19.1. The van der Waals surface area contributed by atoms with E-state index in [-0.39, 0.29) is 18.8 Å². The number of primary amides is 1. The molecule has 0 aromatic heterocycles. The molecule has 28 heavy (non-hydrogen) atoms. The monoisotopic (exact) mass is 400 g/mol. The van der Waals surface area contributed by atoms with Crippen molar-refractivity contribution >= 4 is 23.8 Å². The van der Waals surface area contributed by atoms with Crippen LogP contribution in [-0.4, -0.2) is 43.0 Å². The van der Waals surface area contributed by atoms with E-state index in [0.717, 1.165) is 12.1 Å². The summed E-state index contributed by atoms with van der Waals surface area (Å²) in [6.45, 7) is 3.10. The Labute approximate surface area is 160 Å². The number of carbonyl (C=O) groups excluding carboxylic acids is 4. The summed E-state index contributed by atoms with van der Waals surface area (Å²) >= 11 is 0. The van der Waals surface area contributed by atoms with Crippen LogP contribution >= 0.6 is 0 Å². The summed E-state index contributed by atoms with van der Waals surface area (Å²) in [5, 5.41) is 2.21. The molecule has 2 amide bonds. The van der Waals surface area contributed by atoms with Crippen molar-refractivity contribution in [3.8, 4) is 0 Å². The lowest BCUT2D eigenvalue weighted by atomic mass is 9.95. The minimum Gasteiger partial charge on any atom is -0.466 e. The van der Waals surface area contributed by atoms with Gasteiger partial charge in [0.1, 0.15) is 17.7 Å². The van der Waals surface area contributed by atoms with Gasteiger partial charge < -0.3 is 20.5 Å². The van der Waals surface area contributed by atoms with E-state index < -0.39 is 60.2 Å². The Kier molecular flexibility index (Phi) is 9.00. The molecule has 0 saturated heterocycles. The van der Waals surface area contributed by atoms with Crippen LogP contribution in [0.1, 0.15) is 25.8 Å². The van der Waals surface area contributed by atoms with Crippen molar-refractivity contribution in [3.63, 3.8) is 0 Å². The van der Waals surface area contributed by atoms with Crippen LogP contribution in [0.2, 0.25) is 0 Å². The number of esters is 2. The lowest BCUT2D eigenvalue weighted by Crippen LogP contribution is -2.52. The number of ether oxygens (including phenoxy) is 2. The summed E-state index contributed by atoms with van der Waals surface area (Å²) in [5.41, 5.74) is 5.15. The average molecular weight is 400 g/mol. The molecule has 0 radical (unpaired) electrons. The molecule has 1 aromatic rings. The van der Waals surface area contributed by atoms with Crippen LogP contribution in [0.4, 0.5) is 8.78 Å². The fourth-order valence-electron chi connectivity index (χ4n) is 2.42. The third-order valence-corrected chi connectivity index (χ3v) is 3.67. The number of amides is 2. The van der Waals surface area contributed by atoms with Crippen molar-refractivity contribution in [2.24, 2.45) is 11.7 Å². The maximum atomic E-state index is 13.7. The van der Waals surface area contributed by atoms with Crippen LogP contribution in [0, 0.1) is 17.6 Å². The molecular formula is C18H22F2N2O6. The highest BCUT2D eigenvalue weighted by Gasteiger charge is 2.37. The van der Waals surface area contributed by atoms with Crippen molar-refractivity contribution < 1.29 is 37.4 Å². The van der Waals surface area contributed by atoms with Crippen molar-refractivity contribution in [2.75, 3.05) is 13.2 Å². The Hall–Kier alpha value is -3.04. The summed E-state index contributed by atoms with van der Waals surface area (Å²) in [5.74, 6) is -6.83. The molecule has 0 unspecified atom stereocenters. The molecule has 0 heterocycles. The van der Waals surface area contributed by atoms with E-state index >= 15 is 0 Å². The lowest BCUT2D eigenvalue weighted by Gasteiger charge is -2.23. The molecule has 3 N–H and O–H groups in total. The average Bonchev–Trinajstić information content (AvgIpc) is 2.60. The second-order valence-electron chi connectivity index (χ2n) is 5.73. The summed E-state index contributed by atoms with van der Waals surface area (Å²) in [4.78, 5) is 48.0. The van der Waals surface area contributed by atoms with Crippen molar-refractivity contribution in [1.82, 2.24) is 5.32 Å². The molecule has 2 atom stereocenters. The number of carbonyl (C=O) groups is 4. The first kappa shape index (κ1) is 23.0. The second-order valence-corrected chi connectivity index (χ2v) is 5.73. The Bertz CT molecular complexity index is 741. The van der Waals surface area contributed by atoms with Gasteiger partial charge in [0, 0.05) is 6.07 Å². The van der Waals surface area contributed by atoms with Crippen LogP contribution in [0.5, 0.6) is 0 Å². The van der Waals surface area contributed by atoms with Crippen LogP contribution in [0.15, 0.2) is 18.2 Å². The highest BCUT2D eigenvalue weighted by molar-refractivity contribution is 5.93. The Morgan fingerprint density at radius 1 is 1.11 bits per heavy atom. The van der Waals surface area contributed by atoms with Crippen molar-refractivity contribution in [1.29, 1.82) is 0 Å². The van der Waals surface area contributed by atoms with Crippen molar-refractivity contribution in [3.05, 3.63) is 35.4 Å². The lowest BCUT2D eigenvalue weighted by molar-refractivity contribution is -0.157. The molecule has 0 saturated carbocycles. The molecule has 0 spiro atoms. The first-order valence-corrected chi connectivity index (χ1v) is 8.54. The molecule has 154 valence electrons. The minimum absolute atomic E-state index is 0.0294. The van der Waals surface area contributed by atoms with E-state index in [4.69, 9.17) is 15.2 Å². The number of hydrogen-bond donors (Lipinski definition) is 2. The molecule has 10 heteroatoms. The zero-order valence-electron chi connectivity index (χ0n) is 15.5. The van der Waals surface area contributed by atoms with Gasteiger partial charge in [0.25, 0.3) is 0 Å². The van der Waals surface area contributed by atoms with E-state index in [1.54, 1.807) is 6.92 Å². The van der Waals surface area contributed by atoms with E-state index in [1.165, 1.54) is 6.92 Å². The molecule has 0 fully saturated rings. The molecular weight excluding hydrogens is 378 g/mol. The van der Waals surface area contributed by atoms with E-state index in [1.807, 2.05) is 0 Å². The minimum atomic E-state index is -1.58. The third kappa shape index (κ3) is 6.93. The third-order valence-electron chi connectivity index (χ3n) is 3.67. The number of rotatable bonds is 10. The molecule has 0 aliphatic rings. The zero-order valence-corrected chi connectivity index (χ0v) is 15.5. The molecule has 0 aliphatic heterocycles. The number of nitrogens with one attached hydrogen (secondary N) is 1. The Morgan fingerprint density at radius 3 is 2.29 bits per heavy atom. The first-order chi connectivity index (χ1) is 13.2. The van der Waals surface area contributed by atoms with Crippen LogP contribution in [0.25, 0.3) is 0 Å². The maximum Gasteiger partial charge on any atom is 0.312 e. The van der Waals surface area contributed by atoms with E-state index in [2.05, 4.69) is 5.32 Å². The maximum absolute atomic E-state index is 13.7. The van der Waals surface area contributed by atoms with Gasteiger partial charge in [-0.3, -0.25) is 19.2 Å². The predicted octanol–water partition coefficient (Wildman–Crippen LogP) is 0.610. The Morgan fingerprint density at radius 2 is 1.75 bits per heavy atom. The van der Waals surface area contributed by atoms with Gasteiger partial charge in [-0.15, -0.1) is 0 Å². The van der Waals surface area contributed by atoms with Crippen LogP contribution in [0.3, 0.4) is 0 Å². The smallest absolute Gasteiger partial charge is 0.312 e. The molecule has 1 aromatic carbocycles. The van der Waals surface area contributed by atoms with Crippen LogP contribution in [-0.2, 0) is 35.1 Å². The SMILES string of the molecule is CCOC(=O)C[C@@H](C(=O)OCC)[C@H](NC(=O)Cc1ccc(F)cc1F)C(N)=O. The largest absolute Gasteiger partial charge is 0.466 e. The van der Waals surface area contributed by atoms with Gasteiger partial charge >= 0.3 is 11.9 Å². The number of hydrogen-bond acceptors (Lipinski definition) is 6. The van der Waals surface area contributed by atoms with Gasteiger partial charge in [0.05, 0.1) is 32.0 Å². The normalized spacial score (nSPS) is 12.6. The van der Waals surface area contributed by atoms with Gasteiger partial charge in [-0.1, -0.05) is 6.07 Å². The van der Waals surface area contributed by atoms with Crippen molar-refractivity contribution in [2.45, 2.75) is 32.7 Å². The predicted molar refractivity (Wildman–Crippen MR) is 92.6 cm³/mol. The second kappa shape index (κ2) is 11.0. The molecule has 1 rings (SSSR count). The first-order valence-electron chi connectivity index (χ1n) is 8.54. The fourth-order valence-corrected chi connectivity index (χ4v) is 2.42. The summed E-state index contributed by atoms with van der Waals surface area (Å²) in [6.07, 6.45) is -1.09. The van der Waals surface area contributed by atoms with Gasteiger partial charge in [0.2, 0.25) is 11.8 Å². The quantitative estimate of drug-likeness (QED) is 0.555. The topological polar surface area (TPSA) is 125 Å². The molecule has 8 nitrogen and oxygen atoms in total. The summed E-state index contributed by atoms with van der Waals surface area (Å²) in [7, 11) is 0. The number of halogens is 2. The van der Waals surface area contributed by atoms with Gasteiger partial charge in [-0.2, -0.15) is 0 Å². The molecule has 0 aliphatic carbocycles. The zero-order chi connectivity index (χ0) is 21.3. The highest BCUT2D eigenvalue weighted by Crippen LogP contribution is 2.15. The Balaban J connectivity index is 2.98. The van der Waals surface area contributed by atoms with E-state index in [0.29, 0.717) is 6.07 Å².